The molecule has 0 unspecified atom stereocenters. The van der Waals surface area contributed by atoms with Crippen molar-refractivity contribution in [2.75, 3.05) is 5.32 Å². The quantitative estimate of drug-likeness (QED) is 0.517. The van der Waals surface area contributed by atoms with Crippen LogP contribution in [0.4, 0.5) is 10.1 Å². The highest BCUT2D eigenvalue weighted by Gasteiger charge is 2.17. The molecule has 0 aliphatic heterocycles. The Hall–Kier alpha value is -3.52. The summed E-state index contributed by atoms with van der Waals surface area (Å²) in [6.07, 6.45) is 1.34. The topological polar surface area (TPSA) is 90.0 Å². The number of carbonyl (C=O) groups excluding carboxylic acids is 1. The van der Waals surface area contributed by atoms with Gasteiger partial charge in [0.1, 0.15) is 17.0 Å². The number of fused-ring (bicyclic) bond motifs is 1. The summed E-state index contributed by atoms with van der Waals surface area (Å²) in [5, 5.41) is 6.67. The molecule has 1 amide bonds. The molecule has 2 aromatic carbocycles. The molecule has 0 aliphatic carbocycles. The number of nitrogens with zero attached hydrogens (tertiary/aromatic N) is 3. The van der Waals surface area contributed by atoms with E-state index < -0.39 is 11.4 Å². The van der Waals surface area contributed by atoms with Gasteiger partial charge in [-0.2, -0.15) is 0 Å². The van der Waals surface area contributed by atoms with Crippen molar-refractivity contribution < 1.29 is 13.7 Å². The molecule has 152 valence electrons. The Morgan fingerprint density at radius 3 is 2.73 bits per heavy atom. The van der Waals surface area contributed by atoms with E-state index in [2.05, 4.69) is 15.5 Å². The minimum absolute atomic E-state index is 0.0141. The van der Waals surface area contributed by atoms with Crippen molar-refractivity contribution in [1.29, 1.82) is 0 Å². The van der Waals surface area contributed by atoms with Crippen LogP contribution in [-0.2, 0) is 11.3 Å². The van der Waals surface area contributed by atoms with Gasteiger partial charge >= 0.3 is 0 Å². The van der Waals surface area contributed by atoms with Gasteiger partial charge in [0.05, 0.1) is 17.0 Å². The molecule has 2 heterocycles. The largest absolute Gasteiger partial charge is 0.348 e. The van der Waals surface area contributed by atoms with Gasteiger partial charge in [0.2, 0.25) is 5.91 Å². The normalized spacial score (nSPS) is 11.0. The van der Waals surface area contributed by atoms with E-state index in [0.717, 1.165) is 17.2 Å². The van der Waals surface area contributed by atoms with Crippen molar-refractivity contribution in [2.45, 2.75) is 19.9 Å². The van der Waals surface area contributed by atoms with Crippen LogP contribution in [-0.4, -0.2) is 20.6 Å². The molecule has 0 saturated carbocycles. The summed E-state index contributed by atoms with van der Waals surface area (Å²) in [6, 6.07) is 11.3. The second kappa shape index (κ2) is 8.08. The second-order valence-corrected chi connectivity index (χ2v) is 7.15. The van der Waals surface area contributed by atoms with Crippen LogP contribution in [0.15, 0.2) is 58.1 Å². The van der Waals surface area contributed by atoms with Crippen molar-refractivity contribution >= 4 is 34.3 Å². The Kier molecular flexibility index (Phi) is 5.33. The van der Waals surface area contributed by atoms with E-state index in [1.165, 1.54) is 23.0 Å². The van der Waals surface area contributed by atoms with Crippen molar-refractivity contribution in [2.24, 2.45) is 0 Å². The van der Waals surface area contributed by atoms with Crippen LogP contribution >= 0.6 is 11.6 Å². The van der Waals surface area contributed by atoms with Crippen molar-refractivity contribution in [1.82, 2.24) is 14.7 Å². The molecular weight excluding hydrogens is 411 g/mol. The van der Waals surface area contributed by atoms with E-state index in [0.29, 0.717) is 16.9 Å². The van der Waals surface area contributed by atoms with E-state index in [1.807, 2.05) is 31.2 Å². The maximum Gasteiger partial charge on any atom is 0.299 e. The van der Waals surface area contributed by atoms with Crippen LogP contribution in [0.3, 0.4) is 0 Å². The molecule has 0 fully saturated rings. The number of halogens is 2. The first kappa shape index (κ1) is 19.8. The van der Waals surface area contributed by atoms with Gasteiger partial charge < -0.3 is 9.84 Å². The third-order valence-electron chi connectivity index (χ3n) is 4.56. The molecule has 1 N–H and O–H groups in total. The lowest BCUT2D eigenvalue weighted by molar-refractivity contribution is -0.116. The zero-order chi connectivity index (χ0) is 21.3. The summed E-state index contributed by atoms with van der Waals surface area (Å²) in [5.41, 5.74) is 2.62. The van der Waals surface area contributed by atoms with Gasteiger partial charge in [-0.15, -0.1) is 0 Å². The summed E-state index contributed by atoms with van der Waals surface area (Å²) in [7, 11) is 0. The van der Waals surface area contributed by atoms with E-state index in [-0.39, 0.29) is 29.5 Å². The minimum Gasteiger partial charge on any atom is -0.348 e. The van der Waals surface area contributed by atoms with Crippen molar-refractivity contribution in [3.63, 3.8) is 0 Å². The lowest BCUT2D eigenvalue weighted by atomic mass is 10.1. The van der Waals surface area contributed by atoms with Gasteiger partial charge in [-0.1, -0.05) is 46.6 Å². The number of aromatic nitrogens is 3. The SMILES string of the molecule is Cc1ccc(-c2noc3c(=O)n(CCC(=O)Nc4ccc(F)cc4Cl)cnc23)cc1. The van der Waals surface area contributed by atoms with E-state index >= 15 is 0 Å². The molecule has 0 bridgehead atoms. The lowest BCUT2D eigenvalue weighted by Gasteiger charge is -2.08. The van der Waals surface area contributed by atoms with Crippen LogP contribution in [0.25, 0.3) is 22.4 Å². The summed E-state index contributed by atoms with van der Waals surface area (Å²) < 4.78 is 19.6. The first-order valence-electron chi connectivity index (χ1n) is 9.09. The third-order valence-corrected chi connectivity index (χ3v) is 4.87. The number of hydrogen-bond acceptors (Lipinski definition) is 5. The monoisotopic (exact) mass is 426 g/mol. The first-order chi connectivity index (χ1) is 14.4. The maximum absolute atomic E-state index is 13.1. The Morgan fingerprint density at radius 2 is 2.00 bits per heavy atom. The standard InChI is InChI=1S/C21H16ClFN4O3/c1-12-2-4-13(5-3-12)18-19-20(30-26-18)21(29)27(11-24-19)9-8-17(28)25-16-7-6-14(23)10-15(16)22/h2-7,10-11H,8-9H2,1H3,(H,25,28). The van der Waals surface area contributed by atoms with Gasteiger partial charge in [0.25, 0.3) is 11.1 Å². The summed E-state index contributed by atoms with van der Waals surface area (Å²) in [6.45, 7) is 2.05. The van der Waals surface area contributed by atoms with Gasteiger partial charge in [-0.3, -0.25) is 14.2 Å². The molecule has 7 nitrogen and oxygen atoms in total. The number of amides is 1. The number of carbonyl (C=O) groups is 1. The van der Waals surface area contributed by atoms with Gasteiger partial charge in [-0.25, -0.2) is 9.37 Å². The second-order valence-electron chi connectivity index (χ2n) is 6.74. The summed E-state index contributed by atoms with van der Waals surface area (Å²) in [5.74, 6) is -0.880. The highest BCUT2D eigenvalue weighted by Crippen LogP contribution is 2.25. The zero-order valence-corrected chi connectivity index (χ0v) is 16.6. The molecule has 0 saturated heterocycles. The molecule has 30 heavy (non-hydrogen) atoms. The zero-order valence-electron chi connectivity index (χ0n) is 15.9. The number of aryl methyl sites for hydroxylation is 2. The van der Waals surface area contributed by atoms with Crippen molar-refractivity contribution in [3.8, 4) is 11.3 Å². The Balaban J connectivity index is 1.51. The number of anilines is 1. The number of hydrogen-bond donors (Lipinski definition) is 1. The molecule has 4 rings (SSSR count). The van der Waals surface area contributed by atoms with Crippen LogP contribution in [0, 0.1) is 12.7 Å². The van der Waals surface area contributed by atoms with Crippen molar-refractivity contribution in [3.05, 3.63) is 75.5 Å². The average molecular weight is 427 g/mol. The van der Waals surface area contributed by atoms with Gasteiger partial charge in [0.15, 0.2) is 0 Å². The fourth-order valence-electron chi connectivity index (χ4n) is 2.94. The maximum atomic E-state index is 13.1. The molecular formula is C21H16ClFN4O3. The van der Waals surface area contributed by atoms with E-state index in [4.69, 9.17) is 16.1 Å². The molecule has 0 atom stereocenters. The Bertz CT molecular complexity index is 1300. The highest BCUT2D eigenvalue weighted by molar-refractivity contribution is 6.33. The van der Waals surface area contributed by atoms with Crippen LogP contribution < -0.4 is 10.9 Å². The molecule has 2 aromatic heterocycles. The summed E-state index contributed by atoms with van der Waals surface area (Å²) in [4.78, 5) is 29.2. The lowest BCUT2D eigenvalue weighted by Crippen LogP contribution is -2.23. The van der Waals surface area contributed by atoms with Crippen LogP contribution in [0.2, 0.25) is 5.02 Å². The summed E-state index contributed by atoms with van der Waals surface area (Å²) >= 11 is 5.90. The van der Waals surface area contributed by atoms with E-state index in [9.17, 15) is 14.0 Å². The molecule has 9 heteroatoms. The molecule has 4 aromatic rings. The Morgan fingerprint density at radius 1 is 1.23 bits per heavy atom. The Labute approximate surface area is 175 Å². The highest BCUT2D eigenvalue weighted by atomic mass is 35.5. The number of benzene rings is 2. The van der Waals surface area contributed by atoms with Gasteiger partial charge in [-0.05, 0) is 25.1 Å². The predicted octanol–water partition coefficient (Wildman–Crippen LogP) is 4.18. The fourth-order valence-corrected chi connectivity index (χ4v) is 3.16. The molecule has 0 spiro atoms. The third kappa shape index (κ3) is 3.95. The average Bonchev–Trinajstić information content (AvgIpc) is 3.15. The number of nitrogens with one attached hydrogen (secondary N) is 1. The number of rotatable bonds is 5. The first-order valence-corrected chi connectivity index (χ1v) is 9.47. The van der Waals surface area contributed by atoms with E-state index in [1.54, 1.807) is 0 Å². The van der Waals surface area contributed by atoms with Gasteiger partial charge in [0, 0.05) is 18.5 Å². The molecule has 0 radical (unpaired) electrons. The minimum atomic E-state index is -0.499. The molecule has 0 aliphatic rings. The smallest absolute Gasteiger partial charge is 0.299 e. The predicted molar refractivity (Wildman–Crippen MR) is 111 cm³/mol. The fraction of sp³-hybridized carbons (Fsp3) is 0.143. The van der Waals surface area contributed by atoms with Crippen LogP contribution in [0.1, 0.15) is 12.0 Å². The van der Waals surface area contributed by atoms with Crippen LogP contribution in [0.5, 0.6) is 0 Å².